The van der Waals surface area contributed by atoms with E-state index in [1.165, 1.54) is 19.2 Å². The highest BCUT2D eigenvalue weighted by molar-refractivity contribution is 7.92. The highest BCUT2D eigenvalue weighted by atomic mass is 32.2. The molecule has 6 nitrogen and oxygen atoms in total. The number of hydrogen-bond acceptors (Lipinski definition) is 4. The van der Waals surface area contributed by atoms with Crippen molar-refractivity contribution in [3.8, 4) is 5.75 Å². The van der Waals surface area contributed by atoms with Crippen LogP contribution in [-0.2, 0) is 14.8 Å². The van der Waals surface area contributed by atoms with Gasteiger partial charge >= 0.3 is 0 Å². The molecule has 0 bridgehead atoms. The first-order valence-electron chi connectivity index (χ1n) is 8.48. The zero-order chi connectivity index (χ0) is 18.7. The summed E-state index contributed by atoms with van der Waals surface area (Å²) in [6.45, 7) is 2.57. The van der Waals surface area contributed by atoms with E-state index in [1.807, 2.05) is 13.0 Å². The Balaban J connectivity index is 1.90. The summed E-state index contributed by atoms with van der Waals surface area (Å²) < 4.78 is 33.0. The topological polar surface area (TPSA) is 75.7 Å². The molecular weight excluding hydrogens is 352 g/mol. The molecule has 1 fully saturated rings. The molecule has 2 aromatic carbocycles. The summed E-state index contributed by atoms with van der Waals surface area (Å²) in [5.41, 5.74) is 2.11. The average molecular weight is 374 g/mol. The molecule has 0 unspecified atom stereocenters. The normalized spacial score (nSPS) is 15.0. The lowest BCUT2D eigenvalue weighted by molar-refractivity contribution is -0.119. The minimum atomic E-state index is -3.75. The predicted molar refractivity (Wildman–Crippen MR) is 101 cm³/mol. The Morgan fingerprint density at radius 1 is 1.12 bits per heavy atom. The van der Waals surface area contributed by atoms with E-state index in [2.05, 4.69) is 4.72 Å². The second-order valence-electron chi connectivity index (χ2n) is 6.29. The number of carbonyl (C=O) groups is 1. The number of nitrogens with zero attached hydrogens (tertiary/aromatic N) is 1. The molecule has 138 valence electrons. The van der Waals surface area contributed by atoms with Crippen molar-refractivity contribution in [2.24, 2.45) is 0 Å². The van der Waals surface area contributed by atoms with Gasteiger partial charge in [-0.25, -0.2) is 8.42 Å². The number of rotatable bonds is 5. The van der Waals surface area contributed by atoms with Gasteiger partial charge in [0.25, 0.3) is 10.0 Å². The predicted octanol–water partition coefficient (Wildman–Crippen LogP) is 3.32. The van der Waals surface area contributed by atoms with Gasteiger partial charge in [0.2, 0.25) is 5.91 Å². The van der Waals surface area contributed by atoms with Crippen molar-refractivity contribution in [2.45, 2.75) is 31.1 Å². The molecule has 1 aliphatic rings. The van der Waals surface area contributed by atoms with Gasteiger partial charge in [-0.15, -0.1) is 0 Å². The number of sulfonamides is 1. The van der Waals surface area contributed by atoms with Gasteiger partial charge in [-0.2, -0.15) is 0 Å². The number of hydrogen-bond donors (Lipinski definition) is 1. The fourth-order valence-corrected chi connectivity index (χ4v) is 4.09. The summed E-state index contributed by atoms with van der Waals surface area (Å²) in [6, 6.07) is 11.5. The number of benzene rings is 2. The minimum Gasteiger partial charge on any atom is -0.497 e. The number of methoxy groups -OCH3 is 1. The molecule has 26 heavy (non-hydrogen) atoms. The van der Waals surface area contributed by atoms with E-state index in [9.17, 15) is 13.2 Å². The molecule has 0 aliphatic carbocycles. The largest absolute Gasteiger partial charge is 0.497 e. The van der Waals surface area contributed by atoms with Gasteiger partial charge in [0.1, 0.15) is 5.75 Å². The number of amides is 1. The molecule has 0 aromatic heterocycles. The molecule has 1 amide bonds. The molecule has 1 aliphatic heterocycles. The van der Waals surface area contributed by atoms with Crippen molar-refractivity contribution in [1.29, 1.82) is 0 Å². The van der Waals surface area contributed by atoms with Crippen LogP contribution in [0.15, 0.2) is 47.4 Å². The Labute approximate surface area is 153 Å². The van der Waals surface area contributed by atoms with Crippen molar-refractivity contribution < 1.29 is 17.9 Å². The second-order valence-corrected chi connectivity index (χ2v) is 7.97. The molecule has 0 spiro atoms. The third-order valence-electron chi connectivity index (χ3n) is 4.43. The summed E-state index contributed by atoms with van der Waals surface area (Å²) in [7, 11) is -2.27. The van der Waals surface area contributed by atoms with Gasteiger partial charge in [-0.1, -0.05) is 12.1 Å². The summed E-state index contributed by atoms with van der Waals surface area (Å²) >= 11 is 0. The van der Waals surface area contributed by atoms with Crippen LogP contribution in [0.4, 0.5) is 11.4 Å². The fraction of sp³-hybridized carbons (Fsp3) is 0.316. The van der Waals surface area contributed by atoms with Crippen LogP contribution in [0.1, 0.15) is 24.8 Å². The lowest BCUT2D eigenvalue weighted by Gasteiger charge is -2.28. The third-order valence-corrected chi connectivity index (χ3v) is 5.81. The maximum absolute atomic E-state index is 12.7. The molecule has 1 N–H and O–H groups in total. The Bertz CT molecular complexity index is 925. The minimum absolute atomic E-state index is 0.0761. The van der Waals surface area contributed by atoms with Crippen LogP contribution in [0.2, 0.25) is 0 Å². The van der Waals surface area contributed by atoms with E-state index in [1.54, 1.807) is 29.2 Å². The zero-order valence-corrected chi connectivity index (χ0v) is 15.7. The highest BCUT2D eigenvalue weighted by Gasteiger charge is 2.22. The van der Waals surface area contributed by atoms with Gasteiger partial charge < -0.3 is 9.64 Å². The first-order valence-corrected chi connectivity index (χ1v) is 9.97. The average Bonchev–Trinajstić information content (AvgIpc) is 2.64. The summed E-state index contributed by atoms with van der Waals surface area (Å²) in [4.78, 5) is 14.1. The Morgan fingerprint density at radius 2 is 1.92 bits per heavy atom. The SMILES string of the molecule is COc1cccc(S(=O)(=O)Nc2ccc(C)c(N3CCCCC3=O)c2)c1. The number of aryl methyl sites for hydroxylation is 1. The van der Waals surface area contributed by atoms with E-state index in [4.69, 9.17) is 4.74 Å². The lowest BCUT2D eigenvalue weighted by Crippen LogP contribution is -2.35. The number of nitrogens with one attached hydrogen (secondary N) is 1. The smallest absolute Gasteiger partial charge is 0.262 e. The van der Waals surface area contributed by atoms with Crippen LogP contribution >= 0.6 is 0 Å². The van der Waals surface area contributed by atoms with Crippen molar-refractivity contribution in [3.63, 3.8) is 0 Å². The van der Waals surface area contributed by atoms with Crippen molar-refractivity contribution in [2.75, 3.05) is 23.3 Å². The van der Waals surface area contributed by atoms with Gasteiger partial charge in [0.15, 0.2) is 0 Å². The molecule has 3 rings (SSSR count). The second kappa shape index (κ2) is 7.37. The number of carbonyl (C=O) groups excluding carboxylic acids is 1. The van der Waals surface area contributed by atoms with Crippen molar-refractivity contribution in [1.82, 2.24) is 0 Å². The van der Waals surface area contributed by atoms with Gasteiger partial charge in [0, 0.05) is 24.7 Å². The van der Waals surface area contributed by atoms with Gasteiger partial charge in [-0.3, -0.25) is 9.52 Å². The van der Waals surface area contributed by atoms with Crippen LogP contribution in [0.5, 0.6) is 5.75 Å². The number of anilines is 2. The van der Waals surface area contributed by atoms with Crippen LogP contribution in [0, 0.1) is 6.92 Å². The van der Waals surface area contributed by atoms with Crippen LogP contribution in [0.25, 0.3) is 0 Å². The van der Waals surface area contributed by atoms with Gasteiger partial charge in [-0.05, 0) is 49.6 Å². The van der Waals surface area contributed by atoms with Crippen LogP contribution in [-0.4, -0.2) is 28.0 Å². The maximum atomic E-state index is 12.7. The lowest BCUT2D eigenvalue weighted by atomic mass is 10.1. The molecule has 0 atom stereocenters. The summed E-state index contributed by atoms with van der Waals surface area (Å²) in [5.74, 6) is 0.545. The Hall–Kier alpha value is -2.54. The first kappa shape index (κ1) is 18.3. The summed E-state index contributed by atoms with van der Waals surface area (Å²) in [5, 5.41) is 0. The van der Waals surface area contributed by atoms with Crippen molar-refractivity contribution in [3.05, 3.63) is 48.0 Å². The van der Waals surface area contributed by atoms with E-state index in [0.29, 0.717) is 24.4 Å². The highest BCUT2D eigenvalue weighted by Crippen LogP contribution is 2.29. The van der Waals surface area contributed by atoms with Crippen LogP contribution in [0.3, 0.4) is 0 Å². The molecule has 7 heteroatoms. The van der Waals surface area contributed by atoms with Crippen LogP contribution < -0.4 is 14.4 Å². The van der Waals surface area contributed by atoms with E-state index >= 15 is 0 Å². The number of piperidine rings is 1. The number of ether oxygens (including phenoxy) is 1. The zero-order valence-electron chi connectivity index (χ0n) is 14.9. The quantitative estimate of drug-likeness (QED) is 0.871. The Kier molecular flexibility index (Phi) is 5.18. The molecule has 0 radical (unpaired) electrons. The molecule has 0 saturated carbocycles. The first-order chi connectivity index (χ1) is 12.4. The molecule has 2 aromatic rings. The van der Waals surface area contributed by atoms with Crippen molar-refractivity contribution >= 4 is 27.3 Å². The standard InChI is InChI=1S/C19H22N2O4S/c1-14-9-10-15(12-18(14)21-11-4-3-8-19(21)22)20-26(23,24)17-7-5-6-16(13-17)25-2/h5-7,9-10,12-13,20H,3-4,8,11H2,1-2H3. The molecule has 1 saturated heterocycles. The fourth-order valence-electron chi connectivity index (χ4n) is 3.01. The summed E-state index contributed by atoms with van der Waals surface area (Å²) in [6.07, 6.45) is 2.38. The maximum Gasteiger partial charge on any atom is 0.262 e. The molecular formula is C19H22N2O4S. The Morgan fingerprint density at radius 3 is 2.65 bits per heavy atom. The van der Waals surface area contributed by atoms with Gasteiger partial charge in [0.05, 0.1) is 17.7 Å². The van der Waals surface area contributed by atoms with E-state index < -0.39 is 10.0 Å². The van der Waals surface area contributed by atoms with E-state index in [0.717, 1.165) is 24.1 Å². The third kappa shape index (κ3) is 3.83. The van der Waals surface area contributed by atoms with E-state index in [-0.39, 0.29) is 10.8 Å². The monoisotopic (exact) mass is 374 g/mol. The molecule has 1 heterocycles.